The number of thioether (sulfide) groups is 1. The molecule has 2 amide bonds. The van der Waals surface area contributed by atoms with E-state index in [1.165, 1.54) is 17.8 Å². The average molecular weight is 305 g/mol. The van der Waals surface area contributed by atoms with Crippen LogP contribution in [0.25, 0.3) is 0 Å². The second kappa shape index (κ2) is 6.85. The van der Waals surface area contributed by atoms with E-state index in [4.69, 9.17) is 5.73 Å². The van der Waals surface area contributed by atoms with E-state index >= 15 is 0 Å². The zero-order valence-electron chi connectivity index (χ0n) is 10.9. The van der Waals surface area contributed by atoms with Gasteiger partial charge in [-0.05, 0) is 24.3 Å². The van der Waals surface area contributed by atoms with Crippen molar-refractivity contribution < 1.29 is 14.0 Å². The summed E-state index contributed by atoms with van der Waals surface area (Å²) in [5.41, 5.74) is 5.90. The van der Waals surface area contributed by atoms with E-state index in [0.29, 0.717) is 5.69 Å². The lowest BCUT2D eigenvalue weighted by atomic mass is 10.2. The Morgan fingerprint density at radius 2 is 2.00 bits per heavy atom. The molecule has 108 valence electrons. The van der Waals surface area contributed by atoms with Gasteiger partial charge >= 0.3 is 0 Å². The molecule has 21 heavy (non-hydrogen) atoms. The topological polar surface area (TPSA) is 85.1 Å². The van der Waals surface area contributed by atoms with E-state index in [-0.39, 0.29) is 11.3 Å². The maximum absolute atomic E-state index is 12.7. The van der Waals surface area contributed by atoms with Crippen molar-refractivity contribution in [3.63, 3.8) is 0 Å². The predicted octanol–water partition coefficient (Wildman–Crippen LogP) is 2.05. The van der Waals surface area contributed by atoms with Gasteiger partial charge < -0.3 is 11.1 Å². The minimum atomic E-state index is -0.649. The van der Waals surface area contributed by atoms with Gasteiger partial charge in [0.2, 0.25) is 11.9 Å². The number of hydrogen-bond donors (Lipinski definition) is 2. The molecule has 1 aromatic heterocycles. The normalized spacial score (nSPS) is 10.1. The number of carbonyl (C=O) groups excluding carboxylic acids is 2. The average Bonchev–Trinajstić information content (AvgIpc) is 2.47. The molecule has 0 fully saturated rings. The minimum Gasteiger partial charge on any atom is -0.369 e. The third-order valence-electron chi connectivity index (χ3n) is 2.49. The fraction of sp³-hybridized carbons (Fsp3) is 0.0714. The van der Waals surface area contributed by atoms with Crippen LogP contribution in [-0.2, 0) is 4.79 Å². The van der Waals surface area contributed by atoms with Crippen LogP contribution < -0.4 is 11.1 Å². The number of para-hydroxylation sites is 1. The van der Waals surface area contributed by atoms with E-state index in [0.717, 1.165) is 17.2 Å². The third-order valence-corrected chi connectivity index (χ3v) is 3.59. The number of hydrogen-bond acceptors (Lipinski definition) is 4. The van der Waals surface area contributed by atoms with Crippen LogP contribution in [0.3, 0.4) is 0 Å². The van der Waals surface area contributed by atoms with Crippen LogP contribution in [-0.4, -0.2) is 22.6 Å². The van der Waals surface area contributed by atoms with E-state index in [1.54, 1.807) is 24.3 Å². The van der Waals surface area contributed by atoms with Crippen molar-refractivity contribution in [2.45, 2.75) is 4.90 Å². The standard InChI is InChI=1S/C14H12FN3O2S/c15-12-6-5-9(7-17-12)14(20)18-10-3-1-2-4-11(10)21-8-13(16)19/h1-7H,8H2,(H2,16,19)(H,18,20). The number of primary amides is 1. The molecule has 0 aliphatic rings. The van der Waals surface area contributed by atoms with Gasteiger partial charge in [-0.15, -0.1) is 11.8 Å². The maximum atomic E-state index is 12.7. The number of aromatic nitrogens is 1. The second-order valence-electron chi connectivity index (χ2n) is 4.07. The lowest BCUT2D eigenvalue weighted by molar-refractivity contribution is -0.115. The molecule has 5 nitrogen and oxygen atoms in total. The molecule has 0 aliphatic heterocycles. The summed E-state index contributed by atoms with van der Waals surface area (Å²) in [4.78, 5) is 27.0. The van der Waals surface area contributed by atoms with Crippen molar-refractivity contribution in [2.75, 3.05) is 11.1 Å². The molecule has 2 aromatic rings. The van der Waals surface area contributed by atoms with Crippen LogP contribution in [0, 0.1) is 5.95 Å². The fourth-order valence-electron chi connectivity index (χ4n) is 1.55. The summed E-state index contributed by atoms with van der Waals surface area (Å²) in [6, 6.07) is 9.48. The summed E-state index contributed by atoms with van der Waals surface area (Å²) < 4.78 is 12.7. The van der Waals surface area contributed by atoms with Gasteiger partial charge in [0.25, 0.3) is 5.91 Å². The highest BCUT2D eigenvalue weighted by atomic mass is 32.2. The van der Waals surface area contributed by atoms with Crippen molar-refractivity contribution in [1.29, 1.82) is 0 Å². The highest BCUT2D eigenvalue weighted by Gasteiger charge is 2.10. The molecule has 0 saturated carbocycles. The molecule has 0 unspecified atom stereocenters. The lowest BCUT2D eigenvalue weighted by Gasteiger charge is -2.10. The zero-order valence-corrected chi connectivity index (χ0v) is 11.7. The summed E-state index contributed by atoms with van der Waals surface area (Å²) in [6.07, 6.45) is 1.16. The lowest BCUT2D eigenvalue weighted by Crippen LogP contribution is -2.15. The number of anilines is 1. The van der Waals surface area contributed by atoms with E-state index in [9.17, 15) is 14.0 Å². The monoisotopic (exact) mass is 305 g/mol. The number of nitrogens with zero attached hydrogens (tertiary/aromatic N) is 1. The van der Waals surface area contributed by atoms with Crippen LogP contribution in [0.15, 0.2) is 47.5 Å². The molecule has 1 aromatic carbocycles. The van der Waals surface area contributed by atoms with Crippen LogP contribution in [0.1, 0.15) is 10.4 Å². The SMILES string of the molecule is NC(=O)CSc1ccccc1NC(=O)c1ccc(F)nc1. The minimum absolute atomic E-state index is 0.116. The van der Waals surface area contributed by atoms with Gasteiger partial charge in [-0.3, -0.25) is 9.59 Å². The molecule has 3 N–H and O–H groups in total. The Kier molecular flexibility index (Phi) is 4.89. The second-order valence-corrected chi connectivity index (χ2v) is 5.09. The first kappa shape index (κ1) is 15.0. The van der Waals surface area contributed by atoms with Gasteiger partial charge in [-0.2, -0.15) is 4.39 Å². The molecule has 0 saturated heterocycles. The number of amides is 2. The van der Waals surface area contributed by atoms with Crippen molar-refractivity contribution in [3.8, 4) is 0 Å². The quantitative estimate of drug-likeness (QED) is 0.654. The summed E-state index contributed by atoms with van der Waals surface area (Å²) in [6.45, 7) is 0. The Morgan fingerprint density at radius 1 is 1.24 bits per heavy atom. The smallest absolute Gasteiger partial charge is 0.257 e. The highest BCUT2D eigenvalue weighted by molar-refractivity contribution is 8.00. The van der Waals surface area contributed by atoms with Crippen LogP contribution >= 0.6 is 11.8 Å². The van der Waals surface area contributed by atoms with Crippen LogP contribution in [0.2, 0.25) is 0 Å². The number of nitrogens with two attached hydrogens (primary N) is 1. The molecule has 2 rings (SSSR count). The summed E-state index contributed by atoms with van der Waals surface area (Å²) in [7, 11) is 0. The number of pyridine rings is 1. The van der Waals surface area contributed by atoms with Gasteiger partial charge in [0.15, 0.2) is 0 Å². The van der Waals surface area contributed by atoms with Gasteiger partial charge in [0.1, 0.15) is 0 Å². The molecule has 1 heterocycles. The van der Waals surface area contributed by atoms with Crippen molar-refractivity contribution in [3.05, 3.63) is 54.1 Å². The van der Waals surface area contributed by atoms with Crippen molar-refractivity contribution >= 4 is 29.3 Å². The molecule has 7 heteroatoms. The van der Waals surface area contributed by atoms with Crippen molar-refractivity contribution in [2.24, 2.45) is 5.73 Å². The first-order chi connectivity index (χ1) is 10.1. The van der Waals surface area contributed by atoms with Crippen molar-refractivity contribution in [1.82, 2.24) is 4.98 Å². The number of benzene rings is 1. The predicted molar refractivity (Wildman–Crippen MR) is 78.5 cm³/mol. The molecule has 0 bridgehead atoms. The van der Waals surface area contributed by atoms with Gasteiger partial charge in [0.05, 0.1) is 17.0 Å². The van der Waals surface area contributed by atoms with Crippen LogP contribution in [0.5, 0.6) is 0 Å². The van der Waals surface area contributed by atoms with E-state index in [2.05, 4.69) is 10.3 Å². The maximum Gasteiger partial charge on any atom is 0.257 e. The van der Waals surface area contributed by atoms with Gasteiger partial charge in [0, 0.05) is 11.1 Å². The Morgan fingerprint density at radius 3 is 2.67 bits per heavy atom. The Bertz CT molecular complexity index is 662. The third kappa shape index (κ3) is 4.28. The van der Waals surface area contributed by atoms with Gasteiger partial charge in [-0.1, -0.05) is 12.1 Å². The summed E-state index contributed by atoms with van der Waals surface area (Å²) in [5, 5.41) is 2.70. The first-order valence-electron chi connectivity index (χ1n) is 5.99. The molecule has 0 radical (unpaired) electrons. The summed E-state index contributed by atoms with van der Waals surface area (Å²) >= 11 is 1.23. The Hall–Kier alpha value is -2.41. The number of carbonyl (C=O) groups is 2. The largest absolute Gasteiger partial charge is 0.369 e. The number of rotatable bonds is 5. The number of nitrogens with one attached hydrogen (secondary N) is 1. The molecular weight excluding hydrogens is 293 g/mol. The Labute approximate surface area is 124 Å². The molecule has 0 spiro atoms. The fourth-order valence-corrected chi connectivity index (χ4v) is 2.30. The molecular formula is C14H12FN3O2S. The zero-order chi connectivity index (χ0) is 15.2. The summed E-state index contributed by atoms with van der Waals surface area (Å²) in [5.74, 6) is -1.38. The highest BCUT2D eigenvalue weighted by Crippen LogP contribution is 2.27. The molecule has 0 atom stereocenters. The van der Waals surface area contributed by atoms with Crippen LogP contribution in [0.4, 0.5) is 10.1 Å². The van der Waals surface area contributed by atoms with Gasteiger partial charge in [-0.25, -0.2) is 4.98 Å². The van der Waals surface area contributed by atoms with E-state index < -0.39 is 17.8 Å². The molecule has 0 aliphatic carbocycles. The number of halogens is 1. The first-order valence-corrected chi connectivity index (χ1v) is 6.98. The van der Waals surface area contributed by atoms with E-state index in [1.807, 2.05) is 0 Å². The Balaban J connectivity index is 2.13.